The molecule has 0 radical (unpaired) electrons. The van der Waals surface area contributed by atoms with Gasteiger partial charge < -0.3 is 10.8 Å². The fraction of sp³-hybridized carbons (Fsp3) is 0.190. The van der Waals surface area contributed by atoms with Crippen molar-refractivity contribution < 1.29 is 18.3 Å². The summed E-state index contributed by atoms with van der Waals surface area (Å²) in [5, 5.41) is 10.1. The van der Waals surface area contributed by atoms with Crippen molar-refractivity contribution in [2.75, 3.05) is 6.54 Å². The van der Waals surface area contributed by atoms with Gasteiger partial charge in [-0.15, -0.1) is 0 Å². The Morgan fingerprint density at radius 1 is 1.11 bits per heavy atom. The average Bonchev–Trinajstić information content (AvgIpc) is 2.69. The standard InChI is InChI=1S/C21H20ClNO4S/c22-19-14-21(20(24)25,12-10-18(19)16-4-2-1-3-5-16)28(26,27)17-8-6-15(7-9-17)11-13-23/h1-10,12H,11,13-14,23H2,(H,24,25). The van der Waals surface area contributed by atoms with Gasteiger partial charge in [0.25, 0.3) is 0 Å². The maximum Gasteiger partial charge on any atom is 0.329 e. The van der Waals surface area contributed by atoms with E-state index >= 15 is 0 Å². The molecule has 0 saturated carbocycles. The van der Waals surface area contributed by atoms with Crippen LogP contribution in [0.2, 0.25) is 0 Å². The van der Waals surface area contributed by atoms with Gasteiger partial charge in [-0.3, -0.25) is 4.79 Å². The van der Waals surface area contributed by atoms with Crippen molar-refractivity contribution in [3.63, 3.8) is 0 Å². The first-order chi connectivity index (χ1) is 13.3. The molecule has 5 nitrogen and oxygen atoms in total. The Bertz CT molecular complexity index is 1040. The number of hydrogen-bond donors (Lipinski definition) is 2. The molecule has 0 saturated heterocycles. The molecule has 2 aromatic rings. The summed E-state index contributed by atoms with van der Waals surface area (Å²) in [6.45, 7) is 0.441. The molecule has 0 amide bonds. The molecule has 0 aliphatic heterocycles. The van der Waals surface area contributed by atoms with Gasteiger partial charge in [-0.05, 0) is 41.8 Å². The molecule has 0 aromatic heterocycles. The number of sulfone groups is 1. The SMILES string of the molecule is NCCc1ccc(S(=O)(=O)C2(C(=O)O)C=CC(c3ccccc3)=C(Cl)C2)cc1. The van der Waals surface area contributed by atoms with Crippen molar-refractivity contribution in [1.29, 1.82) is 0 Å². The summed E-state index contributed by atoms with van der Waals surface area (Å²) in [7, 11) is -4.23. The Morgan fingerprint density at radius 2 is 1.75 bits per heavy atom. The van der Waals surface area contributed by atoms with E-state index in [1.807, 2.05) is 30.3 Å². The Labute approximate surface area is 169 Å². The van der Waals surface area contributed by atoms with E-state index in [0.29, 0.717) is 18.5 Å². The lowest BCUT2D eigenvalue weighted by Gasteiger charge is -2.29. The normalized spacial score (nSPS) is 19.6. The van der Waals surface area contributed by atoms with Crippen molar-refractivity contribution in [2.24, 2.45) is 5.73 Å². The van der Waals surface area contributed by atoms with Crippen LogP contribution in [-0.2, 0) is 21.1 Å². The third-order valence-corrected chi connectivity index (χ3v) is 7.47. The molecule has 1 unspecified atom stereocenters. The first-order valence-electron chi connectivity index (χ1n) is 8.72. The molecule has 3 rings (SSSR count). The Balaban J connectivity index is 2.03. The zero-order valence-corrected chi connectivity index (χ0v) is 16.6. The van der Waals surface area contributed by atoms with Gasteiger partial charge in [-0.2, -0.15) is 0 Å². The molecule has 0 fully saturated rings. The van der Waals surface area contributed by atoms with Crippen LogP contribution in [0.1, 0.15) is 17.5 Å². The maximum absolute atomic E-state index is 13.3. The lowest BCUT2D eigenvalue weighted by atomic mass is 9.92. The first kappa shape index (κ1) is 20.3. The Hall–Kier alpha value is -2.41. The molecule has 3 N–H and O–H groups in total. The summed E-state index contributed by atoms with van der Waals surface area (Å²) in [4.78, 5) is 12.1. The minimum atomic E-state index is -4.23. The molecule has 1 aliphatic carbocycles. The highest BCUT2D eigenvalue weighted by Crippen LogP contribution is 2.41. The molecule has 0 bridgehead atoms. The van der Waals surface area contributed by atoms with Crippen LogP contribution in [0.25, 0.3) is 5.57 Å². The summed E-state index contributed by atoms with van der Waals surface area (Å²) in [6.07, 6.45) is 2.99. The number of hydrogen-bond acceptors (Lipinski definition) is 4. The largest absolute Gasteiger partial charge is 0.480 e. The third-order valence-electron chi connectivity index (χ3n) is 4.82. The van der Waals surface area contributed by atoms with E-state index in [2.05, 4.69) is 0 Å². The summed E-state index contributed by atoms with van der Waals surface area (Å²) >= 11 is 6.39. The zero-order valence-electron chi connectivity index (χ0n) is 15.0. The van der Waals surface area contributed by atoms with Gasteiger partial charge in [0.2, 0.25) is 0 Å². The van der Waals surface area contributed by atoms with Crippen LogP contribution in [0.3, 0.4) is 0 Å². The minimum absolute atomic E-state index is 0.0621. The zero-order chi connectivity index (χ0) is 20.4. The van der Waals surface area contributed by atoms with Crippen LogP contribution in [-0.4, -0.2) is 30.8 Å². The molecule has 7 heteroatoms. The summed E-state index contributed by atoms with van der Waals surface area (Å²) in [6, 6.07) is 15.3. The fourth-order valence-electron chi connectivity index (χ4n) is 3.22. The van der Waals surface area contributed by atoms with Crippen molar-refractivity contribution >= 4 is 33.0 Å². The minimum Gasteiger partial charge on any atom is -0.480 e. The van der Waals surface area contributed by atoms with Gasteiger partial charge in [0.1, 0.15) is 0 Å². The second kappa shape index (κ2) is 7.91. The van der Waals surface area contributed by atoms with E-state index in [1.165, 1.54) is 24.3 Å². The molecular formula is C21H20ClNO4S. The van der Waals surface area contributed by atoms with Crippen molar-refractivity contribution in [2.45, 2.75) is 22.5 Å². The molecule has 2 aromatic carbocycles. The second-order valence-corrected chi connectivity index (χ2v) is 9.24. The monoisotopic (exact) mass is 417 g/mol. The highest BCUT2D eigenvalue weighted by atomic mass is 35.5. The number of aliphatic carboxylic acids is 1. The average molecular weight is 418 g/mol. The molecule has 1 atom stereocenters. The van der Waals surface area contributed by atoms with Crippen molar-refractivity contribution in [1.82, 2.24) is 0 Å². The highest BCUT2D eigenvalue weighted by molar-refractivity contribution is 7.93. The topological polar surface area (TPSA) is 97.5 Å². The second-order valence-electron chi connectivity index (χ2n) is 6.58. The number of nitrogens with two attached hydrogens (primary N) is 1. The van der Waals surface area contributed by atoms with E-state index in [1.54, 1.807) is 12.1 Å². The lowest BCUT2D eigenvalue weighted by Crippen LogP contribution is -2.46. The molecule has 146 valence electrons. The van der Waals surface area contributed by atoms with E-state index in [4.69, 9.17) is 17.3 Å². The number of carboxylic acids is 1. The summed E-state index contributed by atoms with van der Waals surface area (Å²) in [5.41, 5.74) is 7.81. The summed E-state index contributed by atoms with van der Waals surface area (Å²) in [5.74, 6) is -1.46. The predicted molar refractivity (Wildman–Crippen MR) is 110 cm³/mol. The van der Waals surface area contributed by atoms with E-state index in [-0.39, 0.29) is 16.3 Å². The molecule has 0 heterocycles. The van der Waals surface area contributed by atoms with Gasteiger partial charge in [0.15, 0.2) is 14.6 Å². The quantitative estimate of drug-likeness (QED) is 0.750. The van der Waals surface area contributed by atoms with Crippen LogP contribution in [0.5, 0.6) is 0 Å². The number of rotatable bonds is 6. The lowest BCUT2D eigenvalue weighted by molar-refractivity contribution is -0.138. The summed E-state index contributed by atoms with van der Waals surface area (Å²) < 4.78 is 24.4. The van der Waals surface area contributed by atoms with Crippen LogP contribution >= 0.6 is 11.6 Å². The van der Waals surface area contributed by atoms with Crippen molar-refractivity contribution in [3.05, 3.63) is 82.9 Å². The molecule has 1 aliphatic rings. The van der Waals surface area contributed by atoms with Gasteiger partial charge in [-0.1, -0.05) is 66.2 Å². The Kier molecular flexibility index (Phi) is 5.74. The predicted octanol–water partition coefficient (Wildman–Crippen LogP) is 3.39. The van der Waals surface area contributed by atoms with Crippen LogP contribution < -0.4 is 5.73 Å². The highest BCUT2D eigenvalue weighted by Gasteiger charge is 2.51. The number of carboxylic acid groups (broad SMARTS) is 1. The third kappa shape index (κ3) is 3.51. The van der Waals surface area contributed by atoms with Crippen molar-refractivity contribution in [3.8, 4) is 0 Å². The van der Waals surface area contributed by atoms with Gasteiger partial charge >= 0.3 is 5.97 Å². The first-order valence-corrected chi connectivity index (χ1v) is 10.6. The van der Waals surface area contributed by atoms with E-state index < -0.39 is 20.6 Å². The number of allylic oxidation sites excluding steroid dienone is 3. The maximum atomic E-state index is 13.3. The molecular weight excluding hydrogens is 398 g/mol. The molecule has 28 heavy (non-hydrogen) atoms. The van der Waals surface area contributed by atoms with Gasteiger partial charge in [-0.25, -0.2) is 8.42 Å². The van der Waals surface area contributed by atoms with Crippen LogP contribution in [0.15, 0.2) is 76.7 Å². The van der Waals surface area contributed by atoms with Crippen LogP contribution in [0.4, 0.5) is 0 Å². The molecule has 0 spiro atoms. The van der Waals surface area contributed by atoms with Gasteiger partial charge in [0.05, 0.1) is 4.90 Å². The van der Waals surface area contributed by atoms with E-state index in [0.717, 1.165) is 11.1 Å². The van der Waals surface area contributed by atoms with E-state index in [9.17, 15) is 18.3 Å². The van der Waals surface area contributed by atoms with Gasteiger partial charge in [0, 0.05) is 11.5 Å². The number of benzene rings is 2. The Morgan fingerprint density at radius 3 is 2.29 bits per heavy atom. The number of halogens is 1. The van der Waals surface area contributed by atoms with Crippen LogP contribution in [0, 0.1) is 0 Å². The number of carbonyl (C=O) groups is 1. The smallest absolute Gasteiger partial charge is 0.329 e. The fourth-order valence-corrected chi connectivity index (χ4v) is 5.41.